The van der Waals surface area contributed by atoms with Crippen LogP contribution in [0.1, 0.15) is 22.3 Å². The van der Waals surface area contributed by atoms with Crippen molar-refractivity contribution in [2.75, 3.05) is 5.73 Å². The number of nitrogens with two attached hydrogens (primary N) is 1. The van der Waals surface area contributed by atoms with Gasteiger partial charge in [0.25, 0.3) is 0 Å². The molecule has 11 rings (SSSR count). The summed E-state index contributed by atoms with van der Waals surface area (Å²) in [6.07, 6.45) is 0. The Balaban J connectivity index is 1.28. The van der Waals surface area contributed by atoms with E-state index in [1.54, 1.807) is 0 Å². The normalized spacial score (nSPS) is 13.6. The lowest BCUT2D eigenvalue weighted by atomic mass is 9.67. The molecule has 2 aliphatic rings. The highest BCUT2D eigenvalue weighted by molar-refractivity contribution is 7.99. The highest BCUT2D eigenvalue weighted by atomic mass is 32.2. The molecule has 1 nitrogen and oxygen atoms in total. The van der Waals surface area contributed by atoms with Crippen LogP contribution in [0.25, 0.3) is 65.7 Å². The van der Waals surface area contributed by atoms with E-state index in [-0.39, 0.29) is 0 Å². The van der Waals surface area contributed by atoms with Crippen molar-refractivity contribution in [2.24, 2.45) is 0 Å². The molecule has 9 aromatic rings. The average Bonchev–Trinajstić information content (AvgIpc) is 3.47. The Morgan fingerprint density at radius 2 is 0.941 bits per heavy atom. The molecule has 1 aliphatic carbocycles. The zero-order chi connectivity index (χ0) is 33.7. The Kier molecular flexibility index (Phi) is 6.03. The van der Waals surface area contributed by atoms with Crippen molar-refractivity contribution in [3.8, 4) is 33.4 Å². The first-order chi connectivity index (χ1) is 25.2. The minimum Gasteiger partial charge on any atom is -0.399 e. The molecule has 1 spiro atoms. The lowest BCUT2D eigenvalue weighted by molar-refractivity contribution is 0.722. The first kappa shape index (κ1) is 28.7. The van der Waals surface area contributed by atoms with Gasteiger partial charge in [-0.05, 0) is 118 Å². The summed E-state index contributed by atoms with van der Waals surface area (Å²) in [6, 6.07) is 65.0. The van der Waals surface area contributed by atoms with Gasteiger partial charge in [-0.25, -0.2) is 0 Å². The molecule has 1 aliphatic heterocycles. The van der Waals surface area contributed by atoms with Crippen molar-refractivity contribution < 1.29 is 0 Å². The van der Waals surface area contributed by atoms with Crippen LogP contribution in [0.15, 0.2) is 186 Å². The fourth-order valence-corrected chi connectivity index (χ4v) is 10.4. The van der Waals surface area contributed by atoms with Crippen LogP contribution in [0, 0.1) is 0 Å². The van der Waals surface area contributed by atoms with Crippen LogP contribution in [0.5, 0.6) is 0 Å². The van der Waals surface area contributed by atoms with Gasteiger partial charge < -0.3 is 5.73 Å². The van der Waals surface area contributed by atoms with Crippen LogP contribution in [-0.4, -0.2) is 0 Å². The van der Waals surface area contributed by atoms with E-state index in [1.807, 2.05) is 11.8 Å². The van der Waals surface area contributed by atoms with Gasteiger partial charge in [0.2, 0.25) is 0 Å². The van der Waals surface area contributed by atoms with E-state index < -0.39 is 5.41 Å². The number of rotatable bonds is 2. The van der Waals surface area contributed by atoms with Crippen LogP contribution < -0.4 is 5.73 Å². The summed E-state index contributed by atoms with van der Waals surface area (Å²) in [5, 5.41) is 7.51. The fourth-order valence-electron chi connectivity index (χ4n) is 9.25. The molecule has 0 fully saturated rings. The molecule has 1 heterocycles. The molecule has 9 aromatic carbocycles. The van der Waals surface area contributed by atoms with Crippen LogP contribution in [0.3, 0.4) is 0 Å². The van der Waals surface area contributed by atoms with E-state index in [1.165, 1.54) is 97.7 Å². The molecular formula is C49H31NS. The zero-order valence-electron chi connectivity index (χ0n) is 27.7. The van der Waals surface area contributed by atoms with Crippen LogP contribution in [0.4, 0.5) is 5.69 Å². The summed E-state index contributed by atoms with van der Waals surface area (Å²) in [6.45, 7) is 0. The predicted molar refractivity (Wildman–Crippen MR) is 216 cm³/mol. The largest absolute Gasteiger partial charge is 0.399 e. The molecule has 0 bridgehead atoms. The van der Waals surface area contributed by atoms with Gasteiger partial charge in [0.1, 0.15) is 0 Å². The van der Waals surface area contributed by atoms with Crippen molar-refractivity contribution in [2.45, 2.75) is 15.2 Å². The molecule has 51 heavy (non-hydrogen) atoms. The standard InChI is InChI=1S/C49H31NS/c50-33-26-27-40-39(29-33)48-38(18-11-21-43(48)49(40)41-19-7-9-22-44(41)51-45-23-10-8-20-42(45)49)47-36-16-5-3-14-34(36)46(35-15-4-6-17-37(35)47)32-25-24-30-12-1-2-13-31(30)28-32/h1-29H,50H2. The van der Waals surface area contributed by atoms with Gasteiger partial charge >= 0.3 is 0 Å². The van der Waals surface area contributed by atoms with Gasteiger partial charge in [-0.1, -0.05) is 157 Å². The lowest BCUT2D eigenvalue weighted by Crippen LogP contribution is -2.31. The van der Waals surface area contributed by atoms with E-state index >= 15 is 0 Å². The SMILES string of the molecule is Nc1ccc2c(c1)-c1c(-c3c4ccccc4c(-c4ccc5ccccc5c4)c4ccccc34)cccc1C21c2ccccc2Sc2ccccc21. The molecule has 0 unspecified atom stereocenters. The molecule has 2 N–H and O–H groups in total. The number of fused-ring (bicyclic) bond motifs is 12. The highest BCUT2D eigenvalue weighted by Gasteiger charge is 2.50. The third kappa shape index (κ3) is 3.88. The van der Waals surface area contributed by atoms with E-state index in [0.717, 1.165) is 5.69 Å². The first-order valence-electron chi connectivity index (χ1n) is 17.6. The highest BCUT2D eigenvalue weighted by Crippen LogP contribution is 2.64. The van der Waals surface area contributed by atoms with Gasteiger partial charge in [-0.3, -0.25) is 0 Å². The summed E-state index contributed by atoms with van der Waals surface area (Å²) in [7, 11) is 0. The molecule has 0 amide bonds. The lowest BCUT2D eigenvalue weighted by Gasteiger charge is -2.39. The van der Waals surface area contributed by atoms with Crippen LogP contribution in [0.2, 0.25) is 0 Å². The molecule has 238 valence electrons. The molecule has 0 saturated heterocycles. The minimum absolute atomic E-state index is 0.469. The summed E-state index contributed by atoms with van der Waals surface area (Å²) in [5.41, 5.74) is 19.7. The number of anilines is 1. The van der Waals surface area contributed by atoms with Crippen molar-refractivity contribution in [1.82, 2.24) is 0 Å². The molecule has 2 heteroatoms. The number of nitrogen functional groups attached to an aromatic ring is 1. The van der Waals surface area contributed by atoms with Gasteiger partial charge in [-0.15, -0.1) is 0 Å². The topological polar surface area (TPSA) is 26.0 Å². The maximum atomic E-state index is 6.68. The number of benzene rings is 9. The van der Waals surface area contributed by atoms with Gasteiger partial charge in [-0.2, -0.15) is 0 Å². The van der Waals surface area contributed by atoms with Crippen LogP contribution >= 0.6 is 11.8 Å². The molecule has 0 aromatic heterocycles. The number of hydrogen-bond acceptors (Lipinski definition) is 2. The molecular weight excluding hydrogens is 635 g/mol. The second-order valence-corrected chi connectivity index (χ2v) is 14.9. The van der Waals surface area contributed by atoms with Crippen LogP contribution in [-0.2, 0) is 5.41 Å². The van der Waals surface area contributed by atoms with Crippen molar-refractivity contribution in [3.05, 3.63) is 198 Å². The first-order valence-corrected chi connectivity index (χ1v) is 18.4. The zero-order valence-corrected chi connectivity index (χ0v) is 28.5. The smallest absolute Gasteiger partial charge is 0.0735 e. The van der Waals surface area contributed by atoms with E-state index in [4.69, 9.17) is 5.73 Å². The Morgan fingerprint density at radius 3 is 1.63 bits per heavy atom. The Morgan fingerprint density at radius 1 is 0.373 bits per heavy atom. The Labute approximate surface area is 301 Å². The van der Waals surface area contributed by atoms with Crippen molar-refractivity contribution >= 4 is 49.8 Å². The molecule has 0 radical (unpaired) electrons. The maximum absolute atomic E-state index is 6.68. The quantitative estimate of drug-likeness (QED) is 0.147. The van der Waals surface area contributed by atoms with Gasteiger partial charge in [0.15, 0.2) is 0 Å². The molecule has 0 atom stereocenters. The van der Waals surface area contributed by atoms with E-state index in [0.29, 0.717) is 0 Å². The third-order valence-electron chi connectivity index (χ3n) is 11.2. The van der Waals surface area contributed by atoms with E-state index in [2.05, 4.69) is 176 Å². The monoisotopic (exact) mass is 665 g/mol. The number of hydrogen-bond donors (Lipinski definition) is 1. The maximum Gasteiger partial charge on any atom is 0.0735 e. The fraction of sp³-hybridized carbons (Fsp3) is 0.0204. The van der Waals surface area contributed by atoms with Gasteiger partial charge in [0, 0.05) is 15.5 Å². The predicted octanol–water partition coefficient (Wildman–Crippen LogP) is 12.9. The second-order valence-electron chi connectivity index (χ2n) is 13.8. The summed E-state index contributed by atoms with van der Waals surface area (Å²) < 4.78 is 0. The average molecular weight is 666 g/mol. The Hall–Kier alpha value is -6.09. The van der Waals surface area contributed by atoms with E-state index in [9.17, 15) is 0 Å². The van der Waals surface area contributed by atoms with Crippen molar-refractivity contribution in [1.29, 1.82) is 0 Å². The molecule has 0 saturated carbocycles. The summed E-state index contributed by atoms with van der Waals surface area (Å²) in [5.74, 6) is 0. The van der Waals surface area contributed by atoms with Crippen molar-refractivity contribution in [3.63, 3.8) is 0 Å². The second kappa shape index (κ2) is 10.7. The summed E-state index contributed by atoms with van der Waals surface area (Å²) >= 11 is 1.88. The Bertz CT molecular complexity index is 2820. The third-order valence-corrected chi connectivity index (χ3v) is 12.4. The minimum atomic E-state index is -0.469. The van der Waals surface area contributed by atoms with Gasteiger partial charge in [0.05, 0.1) is 5.41 Å². The summed E-state index contributed by atoms with van der Waals surface area (Å²) in [4.78, 5) is 2.60.